The molecule has 0 aromatic heterocycles. The molecule has 3 aliphatic rings. The molecule has 0 amide bonds. The summed E-state index contributed by atoms with van der Waals surface area (Å²) >= 11 is 0. The molecule has 92 valence electrons. The van der Waals surface area contributed by atoms with Gasteiger partial charge in [-0.25, -0.2) is 0 Å². The summed E-state index contributed by atoms with van der Waals surface area (Å²) in [4.78, 5) is 0. The summed E-state index contributed by atoms with van der Waals surface area (Å²) in [6.45, 7) is 0. The molecule has 0 unspecified atom stereocenters. The molecule has 18 heavy (non-hydrogen) atoms. The van der Waals surface area contributed by atoms with Crippen LogP contribution in [-0.4, -0.2) is 0 Å². The normalized spacial score (nSPS) is 23.1. The second-order valence-electron chi connectivity index (χ2n) is 5.26. The van der Waals surface area contributed by atoms with Gasteiger partial charge in [-0.3, -0.25) is 0 Å². The van der Waals surface area contributed by atoms with E-state index in [9.17, 15) is 0 Å². The first-order valence-corrected chi connectivity index (χ1v) is 7.07. The molecule has 0 heterocycles. The largest absolute Gasteiger partial charge is 0.0629 e. The maximum atomic E-state index is 2.26. The highest BCUT2D eigenvalue weighted by Gasteiger charge is 2.12. The Labute approximate surface area is 110 Å². The van der Waals surface area contributed by atoms with Crippen LogP contribution in [0.5, 0.6) is 0 Å². The third-order valence-corrected chi connectivity index (χ3v) is 4.06. The average Bonchev–Trinajstić information content (AvgIpc) is 3.01. The highest BCUT2D eigenvalue weighted by molar-refractivity contribution is 5.45. The Hall–Kier alpha value is -1.56. The molecule has 0 aromatic carbocycles. The molecule has 0 nitrogen and oxygen atoms in total. The van der Waals surface area contributed by atoms with Gasteiger partial charge in [-0.15, -0.1) is 0 Å². The third kappa shape index (κ3) is 2.48. The maximum Gasteiger partial charge on any atom is -0.0265 e. The molecule has 0 saturated heterocycles. The molecule has 1 fully saturated rings. The molecule has 0 aromatic rings. The zero-order chi connectivity index (χ0) is 12.2. The lowest BCUT2D eigenvalue weighted by molar-refractivity contribution is 0.658. The fraction of sp³-hybridized carbons (Fsp3) is 0.333. The first-order chi connectivity index (χ1) is 8.93. The van der Waals surface area contributed by atoms with E-state index in [0.29, 0.717) is 0 Å². The lowest BCUT2D eigenvalue weighted by Gasteiger charge is -2.17. The van der Waals surface area contributed by atoms with Crippen molar-refractivity contribution < 1.29 is 0 Å². The van der Waals surface area contributed by atoms with Crippen molar-refractivity contribution in [1.29, 1.82) is 0 Å². The second kappa shape index (κ2) is 5.39. The minimum absolute atomic E-state index is 1.27. The van der Waals surface area contributed by atoms with Crippen molar-refractivity contribution in [1.82, 2.24) is 0 Å². The summed E-state index contributed by atoms with van der Waals surface area (Å²) in [5.74, 6) is 0. The molecule has 0 aliphatic heterocycles. The lowest BCUT2D eigenvalue weighted by atomic mass is 9.88. The van der Waals surface area contributed by atoms with E-state index in [0.717, 1.165) is 0 Å². The second-order valence-corrected chi connectivity index (χ2v) is 5.26. The van der Waals surface area contributed by atoms with E-state index in [1.165, 1.54) is 49.7 Å². The zero-order valence-electron chi connectivity index (χ0n) is 10.9. The van der Waals surface area contributed by atoms with Crippen LogP contribution in [0.3, 0.4) is 0 Å². The van der Waals surface area contributed by atoms with E-state index in [1.807, 2.05) is 0 Å². The molecule has 1 saturated carbocycles. The van der Waals surface area contributed by atoms with Crippen LogP contribution in [0.4, 0.5) is 0 Å². The van der Waals surface area contributed by atoms with Crippen LogP contribution in [-0.2, 0) is 0 Å². The van der Waals surface area contributed by atoms with Crippen LogP contribution in [0.2, 0.25) is 0 Å². The minimum atomic E-state index is 1.27. The predicted octanol–water partition coefficient (Wildman–Crippen LogP) is 5.19. The number of rotatable bonds is 0. The van der Waals surface area contributed by atoms with Crippen molar-refractivity contribution in [3.8, 4) is 0 Å². The van der Waals surface area contributed by atoms with Crippen LogP contribution in [0.25, 0.3) is 0 Å². The smallest absolute Gasteiger partial charge is 0.0265 e. The Balaban J connectivity index is 1.72. The number of hydrogen-bond acceptors (Lipinski definition) is 0. The van der Waals surface area contributed by atoms with Crippen LogP contribution in [0.15, 0.2) is 70.9 Å². The fourth-order valence-electron chi connectivity index (χ4n) is 3.08. The van der Waals surface area contributed by atoms with Crippen LogP contribution in [0, 0.1) is 0 Å². The van der Waals surface area contributed by atoms with Crippen molar-refractivity contribution in [2.75, 3.05) is 0 Å². The van der Waals surface area contributed by atoms with E-state index >= 15 is 0 Å². The standard InChI is InChI=1S/C18H20/c1-2-8-15(7-1)17-11-5-13-18(14-6-12-17)16-9-3-4-10-16/h1-4,7-10H,5-6,11-14H2. The SMILES string of the molecule is C1=CC(=C2CCCC(=C3C=CC=C3)CCC2)C=C1. The van der Waals surface area contributed by atoms with Crippen molar-refractivity contribution in [2.24, 2.45) is 0 Å². The molecule has 0 bridgehead atoms. The van der Waals surface area contributed by atoms with Crippen molar-refractivity contribution in [2.45, 2.75) is 38.5 Å². The van der Waals surface area contributed by atoms with E-state index in [4.69, 9.17) is 0 Å². The topological polar surface area (TPSA) is 0 Å². The van der Waals surface area contributed by atoms with Gasteiger partial charge >= 0.3 is 0 Å². The van der Waals surface area contributed by atoms with Gasteiger partial charge in [0.1, 0.15) is 0 Å². The van der Waals surface area contributed by atoms with Gasteiger partial charge in [-0.2, -0.15) is 0 Å². The Kier molecular flexibility index (Phi) is 3.45. The van der Waals surface area contributed by atoms with Gasteiger partial charge in [0.15, 0.2) is 0 Å². The molecule has 3 rings (SSSR count). The number of hydrogen-bond donors (Lipinski definition) is 0. The fourth-order valence-corrected chi connectivity index (χ4v) is 3.08. The quantitative estimate of drug-likeness (QED) is 0.543. The summed E-state index contributed by atoms with van der Waals surface area (Å²) in [6, 6.07) is 0. The molecular formula is C18H20. The first kappa shape index (κ1) is 11.5. The maximum absolute atomic E-state index is 2.26. The van der Waals surface area contributed by atoms with Crippen molar-refractivity contribution in [3.05, 3.63) is 70.9 Å². The van der Waals surface area contributed by atoms with E-state index in [1.54, 1.807) is 11.1 Å². The number of allylic oxidation sites excluding steroid dienone is 12. The zero-order valence-corrected chi connectivity index (χ0v) is 10.9. The van der Waals surface area contributed by atoms with Gasteiger partial charge < -0.3 is 0 Å². The molecule has 0 radical (unpaired) electrons. The summed E-state index contributed by atoms with van der Waals surface area (Å²) in [5, 5.41) is 0. The predicted molar refractivity (Wildman–Crippen MR) is 78.3 cm³/mol. The average molecular weight is 236 g/mol. The summed E-state index contributed by atoms with van der Waals surface area (Å²) in [7, 11) is 0. The lowest BCUT2D eigenvalue weighted by Crippen LogP contribution is -1.98. The Morgan fingerprint density at radius 2 is 0.833 bits per heavy atom. The van der Waals surface area contributed by atoms with Gasteiger partial charge in [0.25, 0.3) is 0 Å². The van der Waals surface area contributed by atoms with Crippen LogP contribution in [0.1, 0.15) is 38.5 Å². The molecular weight excluding hydrogens is 216 g/mol. The van der Waals surface area contributed by atoms with Crippen molar-refractivity contribution in [3.63, 3.8) is 0 Å². The third-order valence-electron chi connectivity index (χ3n) is 4.06. The first-order valence-electron chi connectivity index (χ1n) is 7.07. The summed E-state index contributed by atoms with van der Waals surface area (Å²) < 4.78 is 0. The van der Waals surface area contributed by atoms with E-state index < -0.39 is 0 Å². The molecule has 0 heteroatoms. The van der Waals surface area contributed by atoms with Gasteiger partial charge in [-0.05, 0) is 49.7 Å². The van der Waals surface area contributed by atoms with Gasteiger partial charge in [0.05, 0.1) is 0 Å². The van der Waals surface area contributed by atoms with Gasteiger partial charge in [0.2, 0.25) is 0 Å². The Bertz CT molecular complexity index is 416. The summed E-state index contributed by atoms with van der Waals surface area (Å²) in [6.07, 6.45) is 25.4. The van der Waals surface area contributed by atoms with E-state index in [2.05, 4.69) is 48.6 Å². The van der Waals surface area contributed by atoms with Crippen LogP contribution >= 0.6 is 0 Å². The van der Waals surface area contributed by atoms with Crippen molar-refractivity contribution >= 4 is 0 Å². The summed E-state index contributed by atoms with van der Waals surface area (Å²) in [5.41, 5.74) is 6.29. The van der Waals surface area contributed by atoms with Crippen LogP contribution < -0.4 is 0 Å². The molecule has 0 N–H and O–H groups in total. The Morgan fingerprint density at radius 1 is 0.500 bits per heavy atom. The highest BCUT2D eigenvalue weighted by atomic mass is 14.2. The monoisotopic (exact) mass is 236 g/mol. The molecule has 0 spiro atoms. The van der Waals surface area contributed by atoms with E-state index in [-0.39, 0.29) is 0 Å². The van der Waals surface area contributed by atoms with Gasteiger partial charge in [-0.1, -0.05) is 59.8 Å². The highest BCUT2D eigenvalue weighted by Crippen LogP contribution is 2.31. The minimum Gasteiger partial charge on any atom is -0.0629 e. The Morgan fingerprint density at radius 3 is 1.17 bits per heavy atom. The molecule has 3 aliphatic carbocycles. The van der Waals surface area contributed by atoms with Gasteiger partial charge in [0, 0.05) is 0 Å². The molecule has 0 atom stereocenters.